The molecule has 1 N–H and O–H groups in total. The van der Waals surface area contributed by atoms with E-state index in [4.69, 9.17) is 0 Å². The molecule has 21 heavy (non-hydrogen) atoms. The first-order valence-electron chi connectivity index (χ1n) is 7.41. The molecule has 1 aromatic heterocycles. The molecule has 0 amide bonds. The first kappa shape index (κ1) is 13.9. The lowest BCUT2D eigenvalue weighted by atomic mass is 10.2. The van der Waals surface area contributed by atoms with Crippen LogP contribution in [0.25, 0.3) is 0 Å². The van der Waals surface area contributed by atoms with Crippen molar-refractivity contribution < 1.29 is 4.39 Å². The first-order valence-corrected chi connectivity index (χ1v) is 7.41. The lowest BCUT2D eigenvalue weighted by Gasteiger charge is -2.19. The number of aryl methyl sites for hydroxylation is 2. The third-order valence-corrected chi connectivity index (χ3v) is 3.99. The Bertz CT molecular complexity index is 629. The molecule has 5 heteroatoms. The topological polar surface area (TPSA) is 33.1 Å². The van der Waals surface area contributed by atoms with Gasteiger partial charge in [-0.3, -0.25) is 4.68 Å². The van der Waals surface area contributed by atoms with Gasteiger partial charge in [0.1, 0.15) is 5.82 Å². The van der Waals surface area contributed by atoms with Gasteiger partial charge in [0, 0.05) is 44.1 Å². The third-order valence-electron chi connectivity index (χ3n) is 3.99. The van der Waals surface area contributed by atoms with Crippen molar-refractivity contribution in [2.24, 2.45) is 7.05 Å². The number of rotatable bonds is 4. The van der Waals surface area contributed by atoms with Crippen LogP contribution in [-0.4, -0.2) is 22.9 Å². The van der Waals surface area contributed by atoms with Gasteiger partial charge in [-0.2, -0.15) is 5.10 Å². The van der Waals surface area contributed by atoms with Crippen molar-refractivity contribution in [2.75, 3.05) is 23.3 Å². The Labute approximate surface area is 124 Å². The maximum absolute atomic E-state index is 14.2. The lowest BCUT2D eigenvalue weighted by Crippen LogP contribution is -2.18. The Kier molecular flexibility index (Phi) is 3.82. The average molecular weight is 288 g/mol. The van der Waals surface area contributed by atoms with Gasteiger partial charge in [-0.15, -0.1) is 0 Å². The van der Waals surface area contributed by atoms with Gasteiger partial charge in [0.25, 0.3) is 0 Å². The highest BCUT2D eigenvalue weighted by molar-refractivity contribution is 5.56. The molecule has 0 bridgehead atoms. The van der Waals surface area contributed by atoms with Crippen LogP contribution >= 0.6 is 0 Å². The van der Waals surface area contributed by atoms with Crippen LogP contribution in [0.5, 0.6) is 0 Å². The summed E-state index contributed by atoms with van der Waals surface area (Å²) in [5.74, 6) is -0.148. The highest BCUT2D eigenvalue weighted by atomic mass is 19.1. The van der Waals surface area contributed by atoms with Gasteiger partial charge in [0.05, 0.1) is 11.4 Å². The van der Waals surface area contributed by atoms with Gasteiger partial charge in [-0.1, -0.05) is 0 Å². The van der Waals surface area contributed by atoms with Crippen molar-refractivity contribution in [3.8, 4) is 0 Å². The molecule has 112 valence electrons. The smallest absolute Gasteiger partial charge is 0.148 e. The Morgan fingerprint density at radius 2 is 2.05 bits per heavy atom. The average Bonchev–Trinajstić information content (AvgIpc) is 3.06. The normalized spacial score (nSPS) is 14.7. The second-order valence-electron chi connectivity index (χ2n) is 5.63. The van der Waals surface area contributed by atoms with Crippen LogP contribution in [0, 0.1) is 12.7 Å². The summed E-state index contributed by atoms with van der Waals surface area (Å²) in [6, 6.07) is 5.40. The molecule has 3 rings (SSSR count). The van der Waals surface area contributed by atoms with E-state index in [2.05, 4.69) is 15.3 Å². The molecule has 0 radical (unpaired) electrons. The zero-order valence-corrected chi connectivity index (χ0v) is 12.6. The minimum absolute atomic E-state index is 0.148. The van der Waals surface area contributed by atoms with E-state index in [1.807, 2.05) is 32.3 Å². The maximum Gasteiger partial charge on any atom is 0.148 e. The van der Waals surface area contributed by atoms with Crippen molar-refractivity contribution >= 4 is 11.4 Å². The fourth-order valence-corrected chi connectivity index (χ4v) is 2.85. The van der Waals surface area contributed by atoms with E-state index in [0.29, 0.717) is 6.54 Å². The number of hydrogen-bond acceptors (Lipinski definition) is 3. The quantitative estimate of drug-likeness (QED) is 0.938. The Morgan fingerprint density at radius 1 is 1.29 bits per heavy atom. The molecule has 1 aliphatic rings. The number of hydrogen-bond donors (Lipinski definition) is 1. The van der Waals surface area contributed by atoms with Crippen molar-refractivity contribution in [1.82, 2.24) is 9.78 Å². The van der Waals surface area contributed by atoms with E-state index in [1.54, 1.807) is 10.7 Å². The Morgan fingerprint density at radius 3 is 2.67 bits per heavy atom. The predicted octanol–water partition coefficient (Wildman–Crippen LogP) is 3.08. The molecule has 0 spiro atoms. The van der Waals surface area contributed by atoms with Gasteiger partial charge in [0.15, 0.2) is 0 Å². The molecular weight excluding hydrogens is 267 g/mol. The summed E-state index contributed by atoms with van der Waals surface area (Å²) in [5.41, 5.74) is 3.65. The minimum atomic E-state index is -0.148. The zero-order valence-electron chi connectivity index (χ0n) is 12.6. The van der Waals surface area contributed by atoms with Gasteiger partial charge in [0.2, 0.25) is 0 Å². The molecule has 0 aliphatic carbocycles. The van der Waals surface area contributed by atoms with E-state index < -0.39 is 0 Å². The molecule has 1 aromatic carbocycles. The standard InChI is InChI=1S/C16H21FN4/c1-12-13(11-20(2)19-12)10-18-14-5-6-16(15(17)9-14)21-7-3-4-8-21/h5-6,9,11,18H,3-4,7-8,10H2,1-2H3. The molecule has 1 aliphatic heterocycles. The van der Waals surface area contributed by atoms with Crippen LogP contribution in [-0.2, 0) is 13.6 Å². The van der Waals surface area contributed by atoms with Crippen LogP contribution in [0.1, 0.15) is 24.1 Å². The van der Waals surface area contributed by atoms with Crippen molar-refractivity contribution in [3.63, 3.8) is 0 Å². The van der Waals surface area contributed by atoms with Crippen molar-refractivity contribution in [2.45, 2.75) is 26.3 Å². The largest absolute Gasteiger partial charge is 0.381 e. The van der Waals surface area contributed by atoms with Crippen LogP contribution in [0.2, 0.25) is 0 Å². The van der Waals surface area contributed by atoms with Crippen molar-refractivity contribution in [1.29, 1.82) is 0 Å². The highest BCUT2D eigenvalue weighted by Crippen LogP contribution is 2.26. The molecule has 1 fully saturated rings. The summed E-state index contributed by atoms with van der Waals surface area (Å²) in [6.45, 7) is 4.55. The maximum atomic E-state index is 14.2. The molecule has 1 saturated heterocycles. The molecule has 2 heterocycles. The van der Waals surface area contributed by atoms with E-state index in [0.717, 1.165) is 48.6 Å². The van der Waals surface area contributed by atoms with Gasteiger partial charge in [-0.25, -0.2) is 4.39 Å². The number of aromatic nitrogens is 2. The molecule has 0 atom stereocenters. The second-order valence-corrected chi connectivity index (χ2v) is 5.63. The molecule has 0 unspecified atom stereocenters. The van der Waals surface area contributed by atoms with E-state index >= 15 is 0 Å². The third kappa shape index (κ3) is 3.01. The monoisotopic (exact) mass is 288 g/mol. The lowest BCUT2D eigenvalue weighted by molar-refractivity contribution is 0.623. The summed E-state index contributed by atoms with van der Waals surface area (Å²) >= 11 is 0. The summed E-state index contributed by atoms with van der Waals surface area (Å²) in [7, 11) is 1.90. The SMILES string of the molecule is Cc1nn(C)cc1CNc1ccc(N2CCCC2)c(F)c1. The van der Waals surface area contributed by atoms with E-state index in [1.165, 1.54) is 0 Å². The van der Waals surface area contributed by atoms with E-state index in [-0.39, 0.29) is 5.82 Å². The van der Waals surface area contributed by atoms with Gasteiger partial charge >= 0.3 is 0 Å². The molecule has 2 aromatic rings. The molecule has 4 nitrogen and oxygen atoms in total. The Balaban J connectivity index is 1.69. The van der Waals surface area contributed by atoms with E-state index in [9.17, 15) is 4.39 Å². The summed E-state index contributed by atoms with van der Waals surface area (Å²) in [6.07, 6.45) is 4.29. The number of halogens is 1. The number of nitrogens with zero attached hydrogens (tertiary/aromatic N) is 3. The molecular formula is C16H21FN4. The summed E-state index contributed by atoms with van der Waals surface area (Å²) in [5, 5.41) is 7.57. The van der Waals surface area contributed by atoms with Gasteiger partial charge in [-0.05, 0) is 38.0 Å². The fraction of sp³-hybridized carbons (Fsp3) is 0.438. The predicted molar refractivity (Wildman–Crippen MR) is 83.1 cm³/mol. The first-order chi connectivity index (χ1) is 10.1. The van der Waals surface area contributed by atoms with Crippen LogP contribution in [0.15, 0.2) is 24.4 Å². The second kappa shape index (κ2) is 5.76. The minimum Gasteiger partial charge on any atom is -0.381 e. The zero-order chi connectivity index (χ0) is 14.8. The number of anilines is 2. The van der Waals surface area contributed by atoms with Crippen LogP contribution in [0.3, 0.4) is 0 Å². The highest BCUT2D eigenvalue weighted by Gasteiger charge is 2.16. The van der Waals surface area contributed by atoms with Crippen LogP contribution < -0.4 is 10.2 Å². The molecule has 0 saturated carbocycles. The number of nitrogens with one attached hydrogen (secondary N) is 1. The fourth-order valence-electron chi connectivity index (χ4n) is 2.85. The van der Waals surface area contributed by atoms with Gasteiger partial charge < -0.3 is 10.2 Å². The van der Waals surface area contributed by atoms with Crippen molar-refractivity contribution in [3.05, 3.63) is 41.5 Å². The summed E-state index contributed by atoms with van der Waals surface area (Å²) < 4.78 is 16.0. The number of benzene rings is 1. The van der Waals surface area contributed by atoms with Crippen LogP contribution in [0.4, 0.5) is 15.8 Å². The summed E-state index contributed by atoms with van der Waals surface area (Å²) in [4.78, 5) is 2.12. The Hall–Kier alpha value is -2.04.